The monoisotopic (exact) mass is 422 g/mol. The lowest BCUT2D eigenvalue weighted by Gasteiger charge is -2.25. The van der Waals surface area contributed by atoms with Crippen molar-refractivity contribution in [2.24, 2.45) is 0 Å². The molecule has 0 aliphatic carbocycles. The van der Waals surface area contributed by atoms with Gasteiger partial charge in [-0.15, -0.1) is 0 Å². The molecule has 0 spiro atoms. The summed E-state index contributed by atoms with van der Waals surface area (Å²) in [5.41, 5.74) is 5.50. The second kappa shape index (κ2) is 8.55. The smallest absolute Gasteiger partial charge is 0.254 e. The van der Waals surface area contributed by atoms with Crippen LogP contribution in [0.2, 0.25) is 0 Å². The summed E-state index contributed by atoms with van der Waals surface area (Å²) in [7, 11) is 0. The molecule has 0 fully saturated rings. The first-order valence-corrected chi connectivity index (χ1v) is 10.5. The van der Waals surface area contributed by atoms with Crippen LogP contribution in [-0.4, -0.2) is 23.3 Å². The molecule has 5 rings (SSSR count). The molecule has 4 aromatic rings. The van der Waals surface area contributed by atoms with Crippen LogP contribution in [0, 0.1) is 0 Å². The number of amides is 2. The fourth-order valence-electron chi connectivity index (χ4n) is 4.04. The lowest BCUT2D eigenvalue weighted by atomic mass is 10.1. The average Bonchev–Trinajstić information content (AvgIpc) is 3.46. The van der Waals surface area contributed by atoms with E-state index in [2.05, 4.69) is 12.1 Å². The van der Waals surface area contributed by atoms with E-state index in [4.69, 9.17) is 4.42 Å². The first-order chi connectivity index (χ1) is 15.7. The molecule has 2 amide bonds. The van der Waals surface area contributed by atoms with Gasteiger partial charge in [0.1, 0.15) is 6.54 Å². The van der Waals surface area contributed by atoms with Crippen LogP contribution in [0.15, 0.2) is 102 Å². The fraction of sp³-hybridized carbons (Fsp3) is 0.111. The van der Waals surface area contributed by atoms with Crippen molar-refractivity contribution in [3.05, 3.63) is 114 Å². The van der Waals surface area contributed by atoms with Gasteiger partial charge in [0.05, 0.1) is 19.1 Å². The number of rotatable bonds is 6. The Morgan fingerprint density at radius 2 is 1.59 bits per heavy atom. The van der Waals surface area contributed by atoms with E-state index in [0.29, 0.717) is 18.7 Å². The van der Waals surface area contributed by atoms with Crippen LogP contribution in [0.4, 0.5) is 5.69 Å². The summed E-state index contributed by atoms with van der Waals surface area (Å²) in [5.74, 6) is -0.239. The van der Waals surface area contributed by atoms with Crippen LogP contribution in [0.25, 0.3) is 11.1 Å². The van der Waals surface area contributed by atoms with Gasteiger partial charge >= 0.3 is 0 Å². The molecule has 1 aliphatic rings. The summed E-state index contributed by atoms with van der Waals surface area (Å²) in [4.78, 5) is 29.4. The standard InChI is InChI=1S/C27H22N2O3/c30-26(18-28-17-23-8-4-5-9-25(23)27(28)31)29(16-20-14-15-32-19-20)24-12-10-22(11-13-24)21-6-2-1-3-7-21/h1-15,19H,16-18H2. The molecule has 0 bridgehead atoms. The van der Waals surface area contributed by atoms with Crippen molar-refractivity contribution in [2.75, 3.05) is 11.4 Å². The maximum absolute atomic E-state index is 13.4. The van der Waals surface area contributed by atoms with Gasteiger partial charge in [-0.3, -0.25) is 9.59 Å². The van der Waals surface area contributed by atoms with E-state index < -0.39 is 0 Å². The third kappa shape index (κ3) is 3.93. The van der Waals surface area contributed by atoms with Gasteiger partial charge in [0.15, 0.2) is 0 Å². The Kier molecular flexibility index (Phi) is 5.30. The van der Waals surface area contributed by atoms with Gasteiger partial charge in [-0.2, -0.15) is 0 Å². The Bertz CT molecular complexity index is 1230. The molecule has 3 aromatic carbocycles. The van der Waals surface area contributed by atoms with Gasteiger partial charge in [0.2, 0.25) is 5.91 Å². The number of nitrogens with zero attached hydrogens (tertiary/aromatic N) is 2. The number of hydrogen-bond acceptors (Lipinski definition) is 3. The topological polar surface area (TPSA) is 53.8 Å². The van der Waals surface area contributed by atoms with Crippen LogP contribution in [0.3, 0.4) is 0 Å². The Morgan fingerprint density at radius 3 is 2.31 bits per heavy atom. The Hall–Kier alpha value is -4.12. The zero-order chi connectivity index (χ0) is 21.9. The molecule has 32 heavy (non-hydrogen) atoms. The van der Waals surface area contributed by atoms with Crippen molar-refractivity contribution in [1.29, 1.82) is 0 Å². The van der Waals surface area contributed by atoms with E-state index in [-0.39, 0.29) is 18.4 Å². The predicted octanol–water partition coefficient (Wildman–Crippen LogP) is 5.14. The van der Waals surface area contributed by atoms with Gasteiger partial charge in [-0.1, -0.05) is 60.7 Å². The Labute approximate surface area is 186 Å². The van der Waals surface area contributed by atoms with Crippen LogP contribution >= 0.6 is 0 Å². The molecule has 0 N–H and O–H groups in total. The van der Waals surface area contributed by atoms with Gasteiger partial charge in [0.25, 0.3) is 5.91 Å². The normalized spacial score (nSPS) is 12.6. The summed E-state index contributed by atoms with van der Waals surface area (Å²) in [6.07, 6.45) is 3.23. The quantitative estimate of drug-likeness (QED) is 0.433. The second-order valence-electron chi connectivity index (χ2n) is 7.84. The second-order valence-corrected chi connectivity index (χ2v) is 7.84. The lowest BCUT2D eigenvalue weighted by Crippen LogP contribution is -2.40. The van der Waals surface area contributed by atoms with Crippen molar-refractivity contribution in [1.82, 2.24) is 4.90 Å². The number of carbonyl (C=O) groups is 2. The minimum Gasteiger partial charge on any atom is -0.472 e. The number of anilines is 1. The number of hydrogen-bond donors (Lipinski definition) is 0. The van der Waals surface area contributed by atoms with Crippen molar-refractivity contribution in [2.45, 2.75) is 13.1 Å². The van der Waals surface area contributed by atoms with Crippen molar-refractivity contribution >= 4 is 17.5 Å². The molecule has 1 aromatic heterocycles. The zero-order valence-electron chi connectivity index (χ0n) is 17.5. The van der Waals surface area contributed by atoms with Gasteiger partial charge in [-0.25, -0.2) is 0 Å². The summed E-state index contributed by atoms with van der Waals surface area (Å²) >= 11 is 0. The zero-order valence-corrected chi connectivity index (χ0v) is 17.5. The van der Waals surface area contributed by atoms with E-state index in [9.17, 15) is 9.59 Å². The number of fused-ring (bicyclic) bond motifs is 1. The van der Waals surface area contributed by atoms with E-state index in [0.717, 1.165) is 27.9 Å². The summed E-state index contributed by atoms with van der Waals surface area (Å²) < 4.78 is 5.20. The highest BCUT2D eigenvalue weighted by Gasteiger charge is 2.30. The number of benzene rings is 3. The van der Waals surface area contributed by atoms with Crippen molar-refractivity contribution in [3.63, 3.8) is 0 Å². The van der Waals surface area contributed by atoms with Crippen LogP contribution in [0.1, 0.15) is 21.5 Å². The average molecular weight is 422 g/mol. The molecule has 0 unspecified atom stereocenters. The fourth-order valence-corrected chi connectivity index (χ4v) is 4.04. The molecule has 0 radical (unpaired) electrons. The molecule has 5 heteroatoms. The lowest BCUT2D eigenvalue weighted by molar-refractivity contribution is -0.119. The highest BCUT2D eigenvalue weighted by molar-refractivity contribution is 6.02. The molecule has 0 saturated carbocycles. The van der Waals surface area contributed by atoms with Crippen LogP contribution in [-0.2, 0) is 17.9 Å². The van der Waals surface area contributed by atoms with Crippen LogP contribution < -0.4 is 4.90 Å². The highest BCUT2D eigenvalue weighted by atomic mass is 16.3. The predicted molar refractivity (Wildman–Crippen MR) is 123 cm³/mol. The summed E-state index contributed by atoms with van der Waals surface area (Å²) in [6.45, 7) is 0.841. The van der Waals surface area contributed by atoms with E-state index in [1.165, 1.54) is 0 Å². The van der Waals surface area contributed by atoms with Crippen molar-refractivity contribution < 1.29 is 14.0 Å². The number of furan rings is 1. The first-order valence-electron chi connectivity index (χ1n) is 10.5. The molecular weight excluding hydrogens is 400 g/mol. The molecular formula is C27H22N2O3. The van der Waals surface area contributed by atoms with E-state index >= 15 is 0 Å². The van der Waals surface area contributed by atoms with Crippen molar-refractivity contribution in [3.8, 4) is 11.1 Å². The SMILES string of the molecule is O=C1c2ccccc2CN1CC(=O)N(Cc1ccoc1)c1ccc(-c2ccccc2)cc1. The Balaban J connectivity index is 1.39. The minimum absolute atomic E-state index is 0.0196. The molecule has 1 aliphatic heterocycles. The molecule has 158 valence electrons. The summed E-state index contributed by atoms with van der Waals surface area (Å²) in [6, 6.07) is 27.4. The first kappa shape index (κ1) is 19.8. The maximum Gasteiger partial charge on any atom is 0.254 e. The molecule has 0 atom stereocenters. The maximum atomic E-state index is 13.4. The number of carbonyl (C=O) groups excluding carboxylic acids is 2. The Morgan fingerprint density at radius 1 is 0.875 bits per heavy atom. The molecule has 0 saturated heterocycles. The largest absolute Gasteiger partial charge is 0.472 e. The van der Waals surface area contributed by atoms with Crippen LogP contribution in [0.5, 0.6) is 0 Å². The van der Waals surface area contributed by atoms with Gasteiger partial charge in [-0.05, 0) is 41.0 Å². The highest BCUT2D eigenvalue weighted by Crippen LogP contribution is 2.26. The molecule has 5 nitrogen and oxygen atoms in total. The molecule has 2 heterocycles. The third-order valence-corrected chi connectivity index (χ3v) is 5.73. The minimum atomic E-state index is -0.139. The third-order valence-electron chi connectivity index (χ3n) is 5.73. The van der Waals surface area contributed by atoms with Gasteiger partial charge in [0, 0.05) is 23.4 Å². The van der Waals surface area contributed by atoms with E-state index in [1.807, 2.05) is 72.8 Å². The summed E-state index contributed by atoms with van der Waals surface area (Å²) in [5, 5.41) is 0. The van der Waals surface area contributed by atoms with Gasteiger partial charge < -0.3 is 14.2 Å². The van der Waals surface area contributed by atoms with E-state index in [1.54, 1.807) is 22.3 Å².